The molecule has 0 rings (SSSR count). The van der Waals surface area contributed by atoms with Crippen molar-refractivity contribution in [3.05, 3.63) is 0 Å². The Morgan fingerprint density at radius 1 is 0.769 bits per heavy atom. The van der Waals surface area contributed by atoms with E-state index < -0.39 is 61.2 Å². The van der Waals surface area contributed by atoms with Crippen molar-refractivity contribution in [2.75, 3.05) is 6.61 Å². The number of rotatable bonds is 8. The van der Waals surface area contributed by atoms with Gasteiger partial charge in [0.1, 0.15) is 0 Å². The molecule has 1 atom stereocenters. The van der Waals surface area contributed by atoms with Gasteiger partial charge in [-0.1, -0.05) is 0 Å². The largest absolute Gasteiger partial charge is 0.409 e. The fourth-order valence-electron chi connectivity index (χ4n) is 1.14. The third-order valence-electron chi connectivity index (χ3n) is 3.67. The summed E-state index contributed by atoms with van der Waals surface area (Å²) in [4.78, 5) is 0. The molecule has 0 bridgehead atoms. The van der Waals surface area contributed by atoms with Crippen LogP contribution in [0, 0.1) is 0 Å². The van der Waals surface area contributed by atoms with Crippen LogP contribution in [0.2, 0.25) is 0 Å². The van der Waals surface area contributed by atoms with Crippen LogP contribution in [-0.4, -0.2) is 51.4 Å². The van der Waals surface area contributed by atoms with Crippen molar-refractivity contribution in [1.82, 2.24) is 0 Å². The van der Waals surface area contributed by atoms with Crippen LogP contribution in [0.1, 0.15) is 41.0 Å². The van der Waals surface area contributed by atoms with Crippen LogP contribution >= 0.6 is 0 Å². The first-order valence-electron chi connectivity index (χ1n) is 7.05. The van der Waals surface area contributed by atoms with Gasteiger partial charge >= 0.3 is 12.4 Å². The molecule has 0 fully saturated rings. The van der Waals surface area contributed by atoms with Crippen molar-refractivity contribution < 1.29 is 51.5 Å². The molecular formula is C12H20F6O6S2. The summed E-state index contributed by atoms with van der Waals surface area (Å²) < 4.78 is 125. The highest BCUT2D eigenvalue weighted by Crippen LogP contribution is 2.38. The lowest BCUT2D eigenvalue weighted by Crippen LogP contribution is -2.48. The van der Waals surface area contributed by atoms with Crippen molar-refractivity contribution in [3.8, 4) is 0 Å². The standard InChI is InChI=1S/C12H20F6O6S2/c1-8(24-26(21,22)10(4,5)12(16,17)18)6-7-23-25(19,20)9(2,3)11(13,14)15/h8H,6-7H2,1-5H3. The van der Waals surface area contributed by atoms with Crippen LogP contribution in [0.15, 0.2) is 0 Å². The summed E-state index contributed by atoms with van der Waals surface area (Å²) >= 11 is 0. The lowest BCUT2D eigenvalue weighted by molar-refractivity contribution is -0.155. The van der Waals surface area contributed by atoms with Gasteiger partial charge in [0.25, 0.3) is 20.2 Å². The van der Waals surface area contributed by atoms with E-state index in [0.29, 0.717) is 27.7 Å². The molecule has 0 saturated carbocycles. The van der Waals surface area contributed by atoms with E-state index in [4.69, 9.17) is 0 Å². The molecule has 0 aromatic heterocycles. The lowest BCUT2D eigenvalue weighted by atomic mass is 10.2. The van der Waals surface area contributed by atoms with Gasteiger partial charge in [0.15, 0.2) is 9.49 Å². The second-order valence-electron chi connectivity index (χ2n) is 6.44. The average molecular weight is 438 g/mol. The highest BCUT2D eigenvalue weighted by Gasteiger charge is 2.59. The van der Waals surface area contributed by atoms with Gasteiger partial charge in [-0.15, -0.1) is 0 Å². The van der Waals surface area contributed by atoms with Crippen LogP contribution in [0.25, 0.3) is 0 Å². The summed E-state index contributed by atoms with van der Waals surface area (Å²) in [5, 5.41) is 0. The first-order chi connectivity index (χ1) is 11.1. The lowest BCUT2D eigenvalue weighted by Gasteiger charge is -2.28. The molecule has 26 heavy (non-hydrogen) atoms. The van der Waals surface area contributed by atoms with E-state index in [0.717, 1.165) is 6.92 Å². The maximum Gasteiger partial charge on any atom is 0.409 e. The molecule has 0 saturated heterocycles. The molecule has 0 radical (unpaired) electrons. The van der Waals surface area contributed by atoms with E-state index in [9.17, 15) is 43.2 Å². The quantitative estimate of drug-likeness (QED) is 0.428. The summed E-state index contributed by atoms with van der Waals surface area (Å²) in [5.74, 6) is 0. The molecule has 14 heteroatoms. The van der Waals surface area contributed by atoms with Gasteiger partial charge in [-0.25, -0.2) is 0 Å². The number of halogens is 6. The predicted octanol–water partition coefficient (Wildman–Crippen LogP) is 3.14. The van der Waals surface area contributed by atoms with E-state index in [2.05, 4.69) is 8.37 Å². The maximum atomic E-state index is 12.8. The Morgan fingerprint density at radius 3 is 1.46 bits per heavy atom. The van der Waals surface area contributed by atoms with Crippen LogP contribution in [0.5, 0.6) is 0 Å². The molecule has 0 aliphatic carbocycles. The third-order valence-corrected chi connectivity index (χ3v) is 7.69. The van der Waals surface area contributed by atoms with Gasteiger partial charge in [0.05, 0.1) is 12.7 Å². The number of hydrogen-bond donors (Lipinski definition) is 0. The first-order valence-corrected chi connectivity index (χ1v) is 9.87. The molecule has 0 heterocycles. The molecule has 0 aromatic rings. The monoisotopic (exact) mass is 438 g/mol. The molecule has 0 spiro atoms. The van der Waals surface area contributed by atoms with Crippen molar-refractivity contribution in [2.45, 2.75) is 69.0 Å². The summed E-state index contributed by atoms with van der Waals surface area (Å²) in [7, 11) is -10.3. The minimum Gasteiger partial charge on any atom is -0.269 e. The summed E-state index contributed by atoms with van der Waals surface area (Å²) in [6.07, 6.45) is -12.3. The van der Waals surface area contributed by atoms with Crippen molar-refractivity contribution in [3.63, 3.8) is 0 Å². The molecule has 0 N–H and O–H groups in total. The van der Waals surface area contributed by atoms with E-state index >= 15 is 0 Å². The Morgan fingerprint density at radius 2 is 1.12 bits per heavy atom. The molecule has 1 unspecified atom stereocenters. The molecule has 0 aliphatic heterocycles. The molecule has 0 aromatic carbocycles. The zero-order valence-electron chi connectivity index (χ0n) is 14.5. The number of hydrogen-bond acceptors (Lipinski definition) is 6. The minimum absolute atomic E-state index is 0.374. The third kappa shape index (κ3) is 5.23. The number of alkyl halides is 6. The van der Waals surface area contributed by atoms with Gasteiger partial charge in [-0.3, -0.25) is 8.37 Å². The fourth-order valence-corrected chi connectivity index (χ4v) is 3.09. The smallest absolute Gasteiger partial charge is 0.269 e. The highest BCUT2D eigenvalue weighted by atomic mass is 32.2. The molecule has 158 valence electrons. The Bertz CT molecular complexity index is 691. The van der Waals surface area contributed by atoms with Crippen molar-refractivity contribution in [2.24, 2.45) is 0 Å². The van der Waals surface area contributed by atoms with Crippen LogP contribution in [0.4, 0.5) is 26.3 Å². The zero-order valence-corrected chi connectivity index (χ0v) is 16.2. The van der Waals surface area contributed by atoms with Crippen LogP contribution < -0.4 is 0 Å². The topological polar surface area (TPSA) is 86.7 Å². The summed E-state index contributed by atoms with van der Waals surface area (Å²) in [5.41, 5.74) is 0. The second-order valence-corrected chi connectivity index (χ2v) is 10.7. The zero-order chi connectivity index (χ0) is 21.4. The van der Waals surface area contributed by atoms with E-state index in [1.807, 2.05) is 0 Å². The van der Waals surface area contributed by atoms with Gasteiger partial charge in [0, 0.05) is 0 Å². The minimum atomic E-state index is -5.14. The molecule has 0 amide bonds. The summed E-state index contributed by atoms with van der Waals surface area (Å²) in [6, 6.07) is 0. The molecular weight excluding hydrogens is 418 g/mol. The van der Waals surface area contributed by atoms with Crippen molar-refractivity contribution >= 4 is 20.2 Å². The second kappa shape index (κ2) is 7.43. The normalized spacial score (nSPS) is 16.6. The van der Waals surface area contributed by atoms with E-state index in [1.165, 1.54) is 0 Å². The summed E-state index contributed by atoms with van der Waals surface area (Å²) in [6.45, 7) is 1.60. The Balaban J connectivity index is 4.98. The van der Waals surface area contributed by atoms with Gasteiger partial charge in [0.2, 0.25) is 0 Å². The predicted molar refractivity (Wildman–Crippen MR) is 79.2 cm³/mol. The Kier molecular flexibility index (Phi) is 7.26. The van der Waals surface area contributed by atoms with E-state index in [-0.39, 0.29) is 0 Å². The van der Waals surface area contributed by atoms with E-state index in [1.54, 1.807) is 0 Å². The van der Waals surface area contributed by atoms with Crippen molar-refractivity contribution in [1.29, 1.82) is 0 Å². The Hall–Kier alpha value is -0.600. The van der Waals surface area contributed by atoms with Crippen LogP contribution in [0.3, 0.4) is 0 Å². The molecule has 6 nitrogen and oxygen atoms in total. The SMILES string of the molecule is CC(CCOS(=O)(=O)C(C)(C)C(F)(F)F)OS(=O)(=O)C(C)(C)C(F)(F)F. The first kappa shape index (κ1) is 25.4. The van der Waals surface area contributed by atoms with Gasteiger partial charge in [-0.05, 0) is 41.0 Å². The molecule has 0 aliphatic rings. The average Bonchev–Trinajstić information content (AvgIpc) is 2.34. The maximum absolute atomic E-state index is 12.8. The van der Waals surface area contributed by atoms with Gasteiger partial charge < -0.3 is 0 Å². The highest BCUT2D eigenvalue weighted by molar-refractivity contribution is 7.88. The van der Waals surface area contributed by atoms with Gasteiger partial charge in [-0.2, -0.15) is 43.2 Å². The Labute approximate surface area is 148 Å². The van der Waals surface area contributed by atoms with Crippen LogP contribution in [-0.2, 0) is 28.6 Å². The fraction of sp³-hybridized carbons (Fsp3) is 1.00.